The molecule has 11 heteroatoms. The average molecular weight is 422 g/mol. The number of carboxylic acid groups (broad SMARTS) is 1. The van der Waals surface area contributed by atoms with Crippen LogP contribution in [0, 0.1) is 18.6 Å². The Kier molecular flexibility index (Phi) is 5.33. The summed E-state index contributed by atoms with van der Waals surface area (Å²) in [6, 6.07) is 6.49. The summed E-state index contributed by atoms with van der Waals surface area (Å²) in [5.41, 5.74) is 0.211. The maximum absolute atomic E-state index is 14.3. The molecule has 0 atom stereocenters. The van der Waals surface area contributed by atoms with Crippen molar-refractivity contribution in [1.82, 2.24) is 19.7 Å². The molecule has 0 saturated carbocycles. The quantitative estimate of drug-likeness (QED) is 0.678. The number of nitrogens with zero attached hydrogens (tertiary/aromatic N) is 4. The molecule has 1 amide bonds. The largest absolute Gasteiger partial charge is 0.465 e. The van der Waals surface area contributed by atoms with Crippen molar-refractivity contribution >= 4 is 15.9 Å². The molecular formula is C18H16F2N4O4S. The molecule has 8 nitrogen and oxygen atoms in total. The number of aromatic nitrogens is 3. The van der Waals surface area contributed by atoms with Crippen LogP contribution in [-0.2, 0) is 16.4 Å². The summed E-state index contributed by atoms with van der Waals surface area (Å²) in [7, 11) is -2.95. The topological polar surface area (TPSA) is 105 Å². The fourth-order valence-electron chi connectivity index (χ4n) is 2.54. The van der Waals surface area contributed by atoms with Crippen molar-refractivity contribution < 1.29 is 27.1 Å². The van der Waals surface area contributed by atoms with Crippen molar-refractivity contribution in [3.8, 4) is 5.69 Å². The van der Waals surface area contributed by atoms with E-state index in [2.05, 4.69) is 10.1 Å². The number of amides is 1. The maximum atomic E-state index is 14.3. The monoisotopic (exact) mass is 422 g/mol. The van der Waals surface area contributed by atoms with Gasteiger partial charge in [-0.3, -0.25) is 4.98 Å². The highest BCUT2D eigenvalue weighted by molar-refractivity contribution is 7.91. The number of rotatable bonds is 5. The van der Waals surface area contributed by atoms with E-state index in [0.29, 0.717) is 5.69 Å². The van der Waals surface area contributed by atoms with Crippen LogP contribution in [0.4, 0.5) is 13.6 Å². The van der Waals surface area contributed by atoms with E-state index in [1.165, 1.54) is 19.2 Å². The molecule has 0 radical (unpaired) electrons. The third-order valence-corrected chi connectivity index (χ3v) is 5.76. The number of aryl methyl sites for hydroxylation is 1. The first-order valence-electron chi connectivity index (χ1n) is 8.26. The minimum Gasteiger partial charge on any atom is -0.465 e. The summed E-state index contributed by atoms with van der Waals surface area (Å²) in [5, 5.41) is 12.6. The molecule has 3 rings (SSSR count). The summed E-state index contributed by atoms with van der Waals surface area (Å²) >= 11 is 0. The molecule has 0 aliphatic heterocycles. The summed E-state index contributed by atoms with van der Waals surface area (Å²) in [6.07, 6.45) is -0.115. The Morgan fingerprint density at radius 3 is 2.55 bits per heavy atom. The molecule has 2 heterocycles. The van der Waals surface area contributed by atoms with Crippen LogP contribution in [0.3, 0.4) is 0 Å². The predicted molar refractivity (Wildman–Crippen MR) is 97.4 cm³/mol. The van der Waals surface area contributed by atoms with Gasteiger partial charge in [-0.15, -0.1) is 0 Å². The van der Waals surface area contributed by atoms with Crippen LogP contribution < -0.4 is 0 Å². The van der Waals surface area contributed by atoms with E-state index in [9.17, 15) is 22.0 Å². The molecule has 152 valence electrons. The fourth-order valence-corrected chi connectivity index (χ4v) is 3.88. The van der Waals surface area contributed by atoms with Crippen LogP contribution in [0.1, 0.15) is 11.4 Å². The number of halogens is 2. The van der Waals surface area contributed by atoms with Gasteiger partial charge in [-0.1, -0.05) is 0 Å². The standard InChI is InChI=1S/C18H16F2N4O4S/c1-11-3-5-14(9-21-11)29(27,28)17-8-13(10-23(2)18(25)26)22-24(17)16-7-12(19)4-6-15(16)20/h3-9H,10H2,1-2H3,(H,25,26). The van der Waals surface area contributed by atoms with Crippen molar-refractivity contribution in [2.75, 3.05) is 7.05 Å². The Morgan fingerprint density at radius 2 is 1.93 bits per heavy atom. The van der Waals surface area contributed by atoms with Crippen LogP contribution >= 0.6 is 0 Å². The highest BCUT2D eigenvalue weighted by Gasteiger charge is 2.27. The van der Waals surface area contributed by atoms with E-state index in [1.807, 2.05) is 0 Å². The first-order valence-corrected chi connectivity index (χ1v) is 9.74. The third kappa shape index (κ3) is 4.09. The highest BCUT2D eigenvalue weighted by atomic mass is 32.2. The Morgan fingerprint density at radius 1 is 1.21 bits per heavy atom. The Balaban J connectivity index is 2.21. The number of carbonyl (C=O) groups is 1. The second-order valence-corrected chi connectivity index (χ2v) is 8.16. The van der Waals surface area contributed by atoms with Crippen LogP contribution in [0.2, 0.25) is 0 Å². The first-order chi connectivity index (χ1) is 13.6. The Hall–Kier alpha value is -3.34. The van der Waals surface area contributed by atoms with Crippen LogP contribution in [0.15, 0.2) is 52.5 Å². The van der Waals surface area contributed by atoms with Gasteiger partial charge < -0.3 is 10.0 Å². The Labute approximate surface area is 165 Å². The van der Waals surface area contributed by atoms with E-state index < -0.39 is 38.3 Å². The predicted octanol–water partition coefficient (Wildman–Crippen LogP) is 2.80. The van der Waals surface area contributed by atoms with Gasteiger partial charge in [-0.2, -0.15) is 5.10 Å². The van der Waals surface area contributed by atoms with Gasteiger partial charge in [-0.05, 0) is 31.2 Å². The lowest BCUT2D eigenvalue weighted by Gasteiger charge is -2.10. The molecule has 29 heavy (non-hydrogen) atoms. The highest BCUT2D eigenvalue weighted by Crippen LogP contribution is 2.26. The minimum absolute atomic E-state index is 0.0391. The third-order valence-electron chi connectivity index (χ3n) is 4.06. The van der Waals surface area contributed by atoms with Gasteiger partial charge in [-0.25, -0.2) is 26.7 Å². The first kappa shape index (κ1) is 20.4. The van der Waals surface area contributed by atoms with Gasteiger partial charge in [0.15, 0.2) is 5.03 Å². The molecule has 0 aliphatic rings. The average Bonchev–Trinajstić information content (AvgIpc) is 3.08. The van der Waals surface area contributed by atoms with Gasteiger partial charge in [0.2, 0.25) is 9.84 Å². The van der Waals surface area contributed by atoms with Gasteiger partial charge in [0, 0.05) is 31.1 Å². The van der Waals surface area contributed by atoms with Crippen LogP contribution in [0.5, 0.6) is 0 Å². The lowest BCUT2D eigenvalue weighted by atomic mass is 10.3. The molecule has 3 aromatic rings. The normalized spacial score (nSPS) is 11.4. The van der Waals surface area contributed by atoms with Gasteiger partial charge in [0.05, 0.1) is 17.1 Å². The van der Waals surface area contributed by atoms with Gasteiger partial charge >= 0.3 is 6.09 Å². The molecule has 0 saturated heterocycles. The van der Waals surface area contributed by atoms with Crippen LogP contribution in [-0.4, -0.2) is 46.3 Å². The van der Waals surface area contributed by atoms with Gasteiger partial charge in [0.25, 0.3) is 0 Å². The molecule has 0 unspecified atom stereocenters. The molecule has 0 fully saturated rings. The molecule has 1 N–H and O–H groups in total. The van der Waals surface area contributed by atoms with Crippen molar-refractivity contribution in [2.24, 2.45) is 0 Å². The maximum Gasteiger partial charge on any atom is 0.407 e. The van der Waals surface area contributed by atoms with Crippen molar-refractivity contribution in [3.63, 3.8) is 0 Å². The molecule has 0 bridgehead atoms. The van der Waals surface area contributed by atoms with Crippen molar-refractivity contribution in [3.05, 3.63) is 65.6 Å². The molecule has 2 aromatic heterocycles. The smallest absolute Gasteiger partial charge is 0.407 e. The second-order valence-electron chi connectivity index (χ2n) is 6.26. The van der Waals surface area contributed by atoms with E-state index in [-0.39, 0.29) is 17.1 Å². The number of benzene rings is 1. The molecule has 1 aromatic carbocycles. The molecule has 0 spiro atoms. The van der Waals surface area contributed by atoms with Crippen molar-refractivity contribution in [2.45, 2.75) is 23.4 Å². The van der Waals surface area contributed by atoms with E-state index >= 15 is 0 Å². The zero-order valence-electron chi connectivity index (χ0n) is 15.4. The lowest BCUT2D eigenvalue weighted by Crippen LogP contribution is -2.24. The van der Waals surface area contributed by atoms with E-state index in [1.54, 1.807) is 6.92 Å². The van der Waals surface area contributed by atoms with Crippen LogP contribution in [0.25, 0.3) is 5.69 Å². The second kappa shape index (κ2) is 7.59. The molecule has 0 aliphatic carbocycles. The zero-order chi connectivity index (χ0) is 21.3. The number of hydrogen-bond acceptors (Lipinski definition) is 5. The lowest BCUT2D eigenvalue weighted by molar-refractivity contribution is 0.153. The molecular weight excluding hydrogens is 406 g/mol. The number of pyridine rings is 1. The summed E-state index contributed by atoms with van der Waals surface area (Å²) < 4.78 is 55.0. The van der Waals surface area contributed by atoms with Crippen molar-refractivity contribution in [1.29, 1.82) is 0 Å². The zero-order valence-corrected chi connectivity index (χ0v) is 16.2. The number of hydrogen-bond donors (Lipinski definition) is 1. The van der Waals surface area contributed by atoms with Gasteiger partial charge in [0.1, 0.15) is 17.3 Å². The summed E-state index contributed by atoms with van der Waals surface area (Å²) in [4.78, 5) is 15.7. The van der Waals surface area contributed by atoms with E-state index in [0.717, 1.165) is 40.0 Å². The summed E-state index contributed by atoms with van der Waals surface area (Å²) in [5.74, 6) is -1.69. The SMILES string of the molecule is Cc1ccc(S(=O)(=O)c2cc(CN(C)C(=O)O)nn2-c2cc(F)ccc2F)cn1. The number of sulfone groups is 1. The fraction of sp³-hybridized carbons (Fsp3) is 0.167. The minimum atomic E-state index is -4.22. The Bertz CT molecular complexity index is 1180. The summed E-state index contributed by atoms with van der Waals surface area (Å²) in [6.45, 7) is 1.43. The van der Waals surface area contributed by atoms with E-state index in [4.69, 9.17) is 5.11 Å².